The maximum Gasteiger partial charge on any atom is 0.410 e. The van der Waals surface area contributed by atoms with Crippen molar-refractivity contribution in [3.8, 4) is 0 Å². The molecule has 2 N–H and O–H groups in total. The highest BCUT2D eigenvalue weighted by Gasteiger charge is 2.38. The Bertz CT molecular complexity index is 549. The molecule has 23 heavy (non-hydrogen) atoms. The number of aliphatic carboxylic acids is 2. The van der Waals surface area contributed by atoms with E-state index in [1.807, 2.05) is 30.3 Å². The number of hydrogen-bond donors (Lipinski definition) is 2. The first-order chi connectivity index (χ1) is 11.0. The molecule has 2 atom stereocenters. The zero-order valence-corrected chi connectivity index (χ0v) is 12.6. The van der Waals surface area contributed by atoms with Gasteiger partial charge in [-0.1, -0.05) is 30.3 Å². The number of rotatable bonds is 6. The third-order valence-electron chi connectivity index (χ3n) is 3.91. The molecule has 0 spiro atoms. The lowest BCUT2D eigenvalue weighted by Crippen LogP contribution is -2.29. The summed E-state index contributed by atoms with van der Waals surface area (Å²) in [5, 5.41) is 17.8. The molecular formula is C16H19NO6. The lowest BCUT2D eigenvalue weighted by atomic mass is 9.90. The van der Waals surface area contributed by atoms with Crippen LogP contribution in [-0.4, -0.2) is 46.2 Å². The molecule has 1 saturated heterocycles. The topological polar surface area (TPSA) is 104 Å². The van der Waals surface area contributed by atoms with Crippen LogP contribution in [0.1, 0.15) is 18.4 Å². The molecule has 0 aliphatic carbocycles. The molecule has 1 aromatic carbocycles. The summed E-state index contributed by atoms with van der Waals surface area (Å²) in [5.74, 6) is -2.73. The molecule has 1 aliphatic heterocycles. The lowest BCUT2D eigenvalue weighted by Gasteiger charge is -2.16. The summed E-state index contributed by atoms with van der Waals surface area (Å²) in [6.45, 7) is 0.541. The Balaban J connectivity index is 1.92. The van der Waals surface area contributed by atoms with E-state index in [-0.39, 0.29) is 44.4 Å². The minimum Gasteiger partial charge on any atom is -0.481 e. The van der Waals surface area contributed by atoms with Crippen molar-refractivity contribution in [1.29, 1.82) is 0 Å². The van der Waals surface area contributed by atoms with E-state index in [4.69, 9.17) is 14.9 Å². The van der Waals surface area contributed by atoms with Crippen LogP contribution in [0.3, 0.4) is 0 Å². The van der Waals surface area contributed by atoms with Crippen LogP contribution >= 0.6 is 0 Å². The minimum absolute atomic E-state index is 0.128. The first kappa shape index (κ1) is 16.8. The van der Waals surface area contributed by atoms with Gasteiger partial charge in [0.05, 0.1) is 12.8 Å². The molecular weight excluding hydrogens is 302 g/mol. The maximum atomic E-state index is 12.1. The molecule has 1 fully saturated rings. The van der Waals surface area contributed by atoms with Gasteiger partial charge in [-0.05, 0) is 17.4 Å². The van der Waals surface area contributed by atoms with Gasteiger partial charge in [-0.25, -0.2) is 4.79 Å². The number of carboxylic acids is 2. The van der Waals surface area contributed by atoms with Crippen molar-refractivity contribution in [3.05, 3.63) is 35.9 Å². The number of nitrogens with zero attached hydrogens (tertiary/aromatic N) is 1. The summed E-state index contributed by atoms with van der Waals surface area (Å²) < 4.78 is 5.21. The molecule has 2 rings (SSSR count). The second kappa shape index (κ2) is 7.62. The van der Waals surface area contributed by atoms with Gasteiger partial charge in [0.25, 0.3) is 0 Å². The minimum atomic E-state index is -0.995. The van der Waals surface area contributed by atoms with Crippen molar-refractivity contribution in [2.24, 2.45) is 11.8 Å². The highest BCUT2D eigenvalue weighted by molar-refractivity contribution is 5.71. The van der Waals surface area contributed by atoms with Crippen molar-refractivity contribution < 1.29 is 29.3 Å². The van der Waals surface area contributed by atoms with Crippen LogP contribution in [0.5, 0.6) is 0 Å². The Morgan fingerprint density at radius 1 is 1.00 bits per heavy atom. The van der Waals surface area contributed by atoms with Gasteiger partial charge < -0.3 is 19.8 Å². The second-order valence-corrected chi connectivity index (χ2v) is 5.66. The molecule has 1 aliphatic rings. The van der Waals surface area contributed by atoms with Crippen molar-refractivity contribution >= 4 is 18.0 Å². The van der Waals surface area contributed by atoms with E-state index < -0.39 is 18.0 Å². The van der Waals surface area contributed by atoms with Gasteiger partial charge in [0.2, 0.25) is 0 Å². The molecule has 2 unspecified atom stereocenters. The van der Waals surface area contributed by atoms with Crippen molar-refractivity contribution in [2.45, 2.75) is 19.4 Å². The molecule has 7 nitrogen and oxygen atoms in total. The highest BCUT2D eigenvalue weighted by Crippen LogP contribution is 2.29. The van der Waals surface area contributed by atoms with Gasteiger partial charge in [0.1, 0.15) is 6.61 Å². The molecule has 0 aromatic heterocycles. The Labute approximate surface area is 133 Å². The smallest absolute Gasteiger partial charge is 0.410 e. The number of likely N-dealkylation sites (tertiary alicyclic amines) is 1. The summed E-state index contributed by atoms with van der Waals surface area (Å²) in [6, 6.07) is 9.20. The molecule has 0 saturated carbocycles. The van der Waals surface area contributed by atoms with E-state index in [1.54, 1.807) is 0 Å². The van der Waals surface area contributed by atoms with Gasteiger partial charge in [0, 0.05) is 13.1 Å². The molecule has 0 radical (unpaired) electrons. The quantitative estimate of drug-likeness (QED) is 0.828. The fraction of sp³-hybridized carbons (Fsp3) is 0.438. The summed E-state index contributed by atoms with van der Waals surface area (Å²) in [7, 11) is 0. The largest absolute Gasteiger partial charge is 0.481 e. The van der Waals surface area contributed by atoms with Gasteiger partial charge >= 0.3 is 18.0 Å². The molecule has 1 heterocycles. The average Bonchev–Trinajstić information content (AvgIpc) is 2.87. The standard InChI is InChI=1S/C16H19NO6/c18-14(19)6-12-8-17(9-13(12)7-15(20)21)16(22)23-10-11-4-2-1-3-5-11/h1-5,12-13H,6-10H2,(H,18,19)(H,20,21). The number of benzene rings is 1. The number of carbonyl (C=O) groups excluding carboxylic acids is 1. The Hall–Kier alpha value is -2.57. The third-order valence-corrected chi connectivity index (χ3v) is 3.91. The Kier molecular flexibility index (Phi) is 5.56. The fourth-order valence-electron chi connectivity index (χ4n) is 2.81. The van der Waals surface area contributed by atoms with Gasteiger partial charge in [-0.3, -0.25) is 9.59 Å². The van der Waals surface area contributed by atoms with E-state index in [0.29, 0.717) is 0 Å². The summed E-state index contributed by atoms with van der Waals surface area (Å²) in [4.78, 5) is 35.3. The summed E-state index contributed by atoms with van der Waals surface area (Å²) in [5.41, 5.74) is 0.851. The molecule has 1 aromatic rings. The summed E-state index contributed by atoms with van der Waals surface area (Å²) in [6.07, 6.45) is -0.849. The van der Waals surface area contributed by atoms with Crippen LogP contribution in [0.2, 0.25) is 0 Å². The number of carbonyl (C=O) groups is 3. The Morgan fingerprint density at radius 2 is 1.52 bits per heavy atom. The van der Waals surface area contributed by atoms with Crippen molar-refractivity contribution in [1.82, 2.24) is 4.90 Å². The zero-order valence-electron chi connectivity index (χ0n) is 12.6. The van der Waals surface area contributed by atoms with Crippen LogP contribution in [0.15, 0.2) is 30.3 Å². The highest BCUT2D eigenvalue weighted by atomic mass is 16.6. The van der Waals surface area contributed by atoms with E-state index in [2.05, 4.69) is 0 Å². The van der Waals surface area contributed by atoms with Gasteiger partial charge in [-0.2, -0.15) is 0 Å². The molecule has 7 heteroatoms. The van der Waals surface area contributed by atoms with E-state index in [1.165, 1.54) is 4.90 Å². The van der Waals surface area contributed by atoms with Crippen LogP contribution in [-0.2, 0) is 20.9 Å². The zero-order chi connectivity index (χ0) is 16.8. The number of hydrogen-bond acceptors (Lipinski definition) is 4. The maximum absolute atomic E-state index is 12.1. The number of carboxylic acid groups (broad SMARTS) is 2. The predicted molar refractivity (Wildman–Crippen MR) is 79.7 cm³/mol. The molecule has 124 valence electrons. The molecule has 1 amide bonds. The Morgan fingerprint density at radius 3 is 2.00 bits per heavy atom. The van der Waals surface area contributed by atoms with Crippen LogP contribution in [0.25, 0.3) is 0 Å². The second-order valence-electron chi connectivity index (χ2n) is 5.66. The van der Waals surface area contributed by atoms with Crippen molar-refractivity contribution in [2.75, 3.05) is 13.1 Å². The monoisotopic (exact) mass is 321 g/mol. The van der Waals surface area contributed by atoms with Crippen LogP contribution in [0.4, 0.5) is 4.79 Å². The van der Waals surface area contributed by atoms with Crippen LogP contribution < -0.4 is 0 Å². The third kappa shape index (κ3) is 4.98. The number of ether oxygens (including phenoxy) is 1. The average molecular weight is 321 g/mol. The SMILES string of the molecule is O=C(O)CC1CN(C(=O)OCc2ccccc2)CC1CC(=O)O. The van der Waals surface area contributed by atoms with E-state index in [9.17, 15) is 14.4 Å². The lowest BCUT2D eigenvalue weighted by molar-refractivity contribution is -0.141. The van der Waals surface area contributed by atoms with Crippen LogP contribution in [0, 0.1) is 11.8 Å². The van der Waals surface area contributed by atoms with Gasteiger partial charge in [0.15, 0.2) is 0 Å². The van der Waals surface area contributed by atoms with Gasteiger partial charge in [-0.15, -0.1) is 0 Å². The number of amides is 1. The fourth-order valence-corrected chi connectivity index (χ4v) is 2.81. The molecule has 0 bridgehead atoms. The normalized spacial score (nSPS) is 20.3. The summed E-state index contributed by atoms with van der Waals surface area (Å²) >= 11 is 0. The van der Waals surface area contributed by atoms with E-state index in [0.717, 1.165) is 5.56 Å². The van der Waals surface area contributed by atoms with E-state index >= 15 is 0 Å². The first-order valence-corrected chi connectivity index (χ1v) is 7.35. The predicted octanol–water partition coefficient (Wildman–Crippen LogP) is 1.82. The first-order valence-electron chi connectivity index (χ1n) is 7.35. The van der Waals surface area contributed by atoms with Crippen molar-refractivity contribution in [3.63, 3.8) is 0 Å².